The van der Waals surface area contributed by atoms with Gasteiger partial charge in [0, 0.05) is 10.7 Å². The van der Waals surface area contributed by atoms with Gasteiger partial charge in [-0.05, 0) is 36.6 Å². The van der Waals surface area contributed by atoms with Crippen molar-refractivity contribution in [3.63, 3.8) is 0 Å². The molecule has 0 radical (unpaired) electrons. The van der Waals surface area contributed by atoms with Crippen LogP contribution in [0.1, 0.15) is 12.0 Å². The summed E-state index contributed by atoms with van der Waals surface area (Å²) in [5.74, 6) is 0. The number of hydrogen-bond donors (Lipinski definition) is 2. The van der Waals surface area contributed by atoms with Gasteiger partial charge in [-0.1, -0.05) is 11.6 Å². The fourth-order valence-corrected chi connectivity index (χ4v) is 1.69. The third kappa shape index (κ3) is 1.40. The van der Waals surface area contributed by atoms with E-state index in [9.17, 15) is 0 Å². The summed E-state index contributed by atoms with van der Waals surface area (Å²) in [6.45, 7) is 0. The molecular weight excluding hydrogens is 172 g/mol. The molecule has 3 heteroatoms. The van der Waals surface area contributed by atoms with E-state index in [-0.39, 0.29) is 6.17 Å². The second kappa shape index (κ2) is 2.96. The van der Waals surface area contributed by atoms with Crippen molar-refractivity contribution in [1.29, 1.82) is 0 Å². The van der Waals surface area contributed by atoms with Crippen LogP contribution in [-0.2, 0) is 6.42 Å². The SMILES string of the molecule is NC1CCc2cc(Cl)ccc2N1. The van der Waals surface area contributed by atoms with Crippen molar-refractivity contribution >= 4 is 17.3 Å². The van der Waals surface area contributed by atoms with Gasteiger partial charge in [0.2, 0.25) is 0 Å². The summed E-state index contributed by atoms with van der Waals surface area (Å²) < 4.78 is 0. The first-order valence-corrected chi connectivity index (χ1v) is 4.44. The van der Waals surface area contributed by atoms with Gasteiger partial charge in [-0.25, -0.2) is 0 Å². The van der Waals surface area contributed by atoms with Crippen LogP contribution in [0, 0.1) is 0 Å². The Bertz CT molecular complexity index is 299. The minimum absolute atomic E-state index is 0.0960. The van der Waals surface area contributed by atoms with Gasteiger partial charge in [-0.3, -0.25) is 0 Å². The Labute approximate surface area is 76.7 Å². The van der Waals surface area contributed by atoms with Crippen LogP contribution in [0.15, 0.2) is 18.2 Å². The fourth-order valence-electron chi connectivity index (χ4n) is 1.49. The van der Waals surface area contributed by atoms with Crippen molar-refractivity contribution in [3.8, 4) is 0 Å². The van der Waals surface area contributed by atoms with Gasteiger partial charge < -0.3 is 11.1 Å². The van der Waals surface area contributed by atoms with Crippen LogP contribution in [0.25, 0.3) is 0 Å². The summed E-state index contributed by atoms with van der Waals surface area (Å²) in [7, 11) is 0. The molecule has 0 bridgehead atoms. The van der Waals surface area contributed by atoms with Crippen molar-refractivity contribution in [2.75, 3.05) is 5.32 Å². The van der Waals surface area contributed by atoms with Gasteiger partial charge in [0.25, 0.3) is 0 Å². The predicted octanol–water partition coefficient (Wildman–Crippen LogP) is 1.98. The van der Waals surface area contributed by atoms with Crippen LogP contribution >= 0.6 is 11.6 Å². The summed E-state index contributed by atoms with van der Waals surface area (Å²) in [4.78, 5) is 0. The molecule has 0 saturated heterocycles. The number of aryl methyl sites for hydroxylation is 1. The maximum absolute atomic E-state index is 5.85. The third-order valence-corrected chi connectivity index (χ3v) is 2.37. The molecule has 1 atom stereocenters. The van der Waals surface area contributed by atoms with Gasteiger partial charge in [-0.15, -0.1) is 0 Å². The molecule has 0 aromatic heterocycles. The molecule has 1 heterocycles. The third-order valence-electron chi connectivity index (χ3n) is 2.13. The van der Waals surface area contributed by atoms with E-state index < -0.39 is 0 Å². The first-order valence-electron chi connectivity index (χ1n) is 4.06. The van der Waals surface area contributed by atoms with Crippen molar-refractivity contribution in [2.45, 2.75) is 19.0 Å². The van der Waals surface area contributed by atoms with E-state index in [1.165, 1.54) is 5.56 Å². The molecule has 2 nitrogen and oxygen atoms in total. The number of benzene rings is 1. The zero-order chi connectivity index (χ0) is 8.55. The Morgan fingerprint density at radius 3 is 3.17 bits per heavy atom. The number of anilines is 1. The largest absolute Gasteiger partial charge is 0.370 e. The maximum Gasteiger partial charge on any atom is 0.0746 e. The van der Waals surface area contributed by atoms with Gasteiger partial charge in [0.15, 0.2) is 0 Å². The molecule has 0 spiro atoms. The average Bonchev–Trinajstić information content (AvgIpc) is 2.05. The number of nitrogens with one attached hydrogen (secondary N) is 1. The summed E-state index contributed by atoms with van der Waals surface area (Å²) in [6, 6.07) is 5.86. The Kier molecular flexibility index (Phi) is 1.95. The highest BCUT2D eigenvalue weighted by atomic mass is 35.5. The molecule has 1 unspecified atom stereocenters. The van der Waals surface area contributed by atoms with E-state index in [0.29, 0.717) is 0 Å². The van der Waals surface area contributed by atoms with Crippen LogP contribution in [0.3, 0.4) is 0 Å². The van der Waals surface area contributed by atoms with Gasteiger partial charge >= 0.3 is 0 Å². The standard InChI is InChI=1S/C9H11ClN2/c10-7-2-3-8-6(5-7)1-4-9(11)12-8/h2-3,5,9,12H,1,4,11H2. The van der Waals surface area contributed by atoms with Gasteiger partial charge in [0.05, 0.1) is 6.17 Å². The molecule has 1 aromatic carbocycles. The normalized spacial score (nSPS) is 21.3. The number of halogens is 1. The van der Waals surface area contributed by atoms with E-state index in [2.05, 4.69) is 5.32 Å². The quantitative estimate of drug-likeness (QED) is 0.644. The molecular formula is C9H11ClN2. The van der Waals surface area contributed by atoms with Crippen LogP contribution in [0.4, 0.5) is 5.69 Å². The molecule has 1 aromatic rings. The highest BCUT2D eigenvalue weighted by molar-refractivity contribution is 6.30. The molecule has 0 fully saturated rings. The van der Waals surface area contributed by atoms with E-state index in [1.54, 1.807) is 0 Å². The van der Waals surface area contributed by atoms with Crippen LogP contribution in [-0.4, -0.2) is 6.17 Å². The first-order chi connectivity index (χ1) is 5.75. The Morgan fingerprint density at radius 1 is 1.50 bits per heavy atom. The second-order valence-electron chi connectivity index (χ2n) is 3.09. The zero-order valence-electron chi connectivity index (χ0n) is 6.68. The predicted molar refractivity (Wildman–Crippen MR) is 51.4 cm³/mol. The lowest BCUT2D eigenvalue weighted by molar-refractivity contribution is 0.656. The minimum atomic E-state index is 0.0960. The van der Waals surface area contributed by atoms with Crippen LogP contribution in [0.2, 0.25) is 5.02 Å². The minimum Gasteiger partial charge on any atom is -0.370 e. The summed E-state index contributed by atoms with van der Waals surface area (Å²) in [5, 5.41) is 4.00. The maximum atomic E-state index is 5.85. The molecule has 64 valence electrons. The molecule has 12 heavy (non-hydrogen) atoms. The van der Waals surface area contributed by atoms with Crippen molar-refractivity contribution in [3.05, 3.63) is 28.8 Å². The molecule has 1 aliphatic heterocycles. The topological polar surface area (TPSA) is 38.0 Å². The van der Waals surface area contributed by atoms with Gasteiger partial charge in [0.1, 0.15) is 0 Å². The lowest BCUT2D eigenvalue weighted by Gasteiger charge is -2.23. The molecule has 2 rings (SSSR count). The number of rotatable bonds is 0. The molecule has 0 saturated carbocycles. The fraction of sp³-hybridized carbons (Fsp3) is 0.333. The summed E-state index contributed by atoms with van der Waals surface area (Å²) in [5.41, 5.74) is 8.13. The van der Waals surface area contributed by atoms with E-state index in [0.717, 1.165) is 23.6 Å². The van der Waals surface area contributed by atoms with Crippen molar-refractivity contribution < 1.29 is 0 Å². The average molecular weight is 183 g/mol. The van der Waals surface area contributed by atoms with E-state index >= 15 is 0 Å². The van der Waals surface area contributed by atoms with E-state index in [4.69, 9.17) is 17.3 Å². The lowest BCUT2D eigenvalue weighted by atomic mass is 10.0. The smallest absolute Gasteiger partial charge is 0.0746 e. The Morgan fingerprint density at radius 2 is 2.33 bits per heavy atom. The molecule has 0 amide bonds. The van der Waals surface area contributed by atoms with Crippen molar-refractivity contribution in [1.82, 2.24) is 0 Å². The number of nitrogens with two attached hydrogens (primary N) is 1. The monoisotopic (exact) mass is 182 g/mol. The Hall–Kier alpha value is -0.730. The molecule has 1 aliphatic rings. The van der Waals surface area contributed by atoms with Crippen LogP contribution < -0.4 is 11.1 Å². The van der Waals surface area contributed by atoms with E-state index in [1.807, 2.05) is 18.2 Å². The zero-order valence-corrected chi connectivity index (χ0v) is 7.43. The van der Waals surface area contributed by atoms with Crippen molar-refractivity contribution in [2.24, 2.45) is 5.73 Å². The van der Waals surface area contributed by atoms with Gasteiger partial charge in [-0.2, -0.15) is 0 Å². The second-order valence-corrected chi connectivity index (χ2v) is 3.53. The summed E-state index contributed by atoms with van der Waals surface area (Å²) >= 11 is 5.85. The highest BCUT2D eigenvalue weighted by Gasteiger charge is 2.13. The number of fused-ring (bicyclic) bond motifs is 1. The lowest BCUT2D eigenvalue weighted by Crippen LogP contribution is -2.33. The molecule has 0 aliphatic carbocycles. The first kappa shape index (κ1) is 7.90. The highest BCUT2D eigenvalue weighted by Crippen LogP contribution is 2.25. The Balaban J connectivity index is 2.37. The number of hydrogen-bond acceptors (Lipinski definition) is 2. The summed E-state index contributed by atoms with van der Waals surface area (Å²) in [6.07, 6.45) is 2.09. The molecule has 3 N–H and O–H groups in total. The van der Waals surface area contributed by atoms with Crippen LogP contribution in [0.5, 0.6) is 0 Å².